The molecule has 1 saturated heterocycles. The molecule has 0 bridgehead atoms. The topological polar surface area (TPSA) is 84.5 Å². The van der Waals surface area contributed by atoms with Crippen LogP contribution in [0.25, 0.3) is 11.0 Å². The number of imidazole rings is 1. The van der Waals surface area contributed by atoms with Crippen molar-refractivity contribution >= 4 is 22.9 Å². The summed E-state index contributed by atoms with van der Waals surface area (Å²) in [5.41, 5.74) is 1.44. The van der Waals surface area contributed by atoms with Gasteiger partial charge < -0.3 is 19.4 Å². The Kier molecular flexibility index (Phi) is 6.21. The smallest absolute Gasteiger partial charge is 0.314 e. The Morgan fingerprint density at radius 1 is 1.19 bits per heavy atom. The normalized spacial score (nSPS) is 18.7. The number of hydrogen-bond acceptors (Lipinski definition) is 5. The van der Waals surface area contributed by atoms with Crippen LogP contribution in [0.4, 0.5) is 0 Å². The number of rotatable bonds is 7. The van der Waals surface area contributed by atoms with Gasteiger partial charge in [0.1, 0.15) is 5.75 Å². The number of para-hydroxylation sites is 1. The van der Waals surface area contributed by atoms with Gasteiger partial charge in [0, 0.05) is 18.7 Å². The molecular formula is C24H27N3O4. The van der Waals surface area contributed by atoms with Gasteiger partial charge in [-0.15, -0.1) is 0 Å². The third-order valence-corrected chi connectivity index (χ3v) is 5.83. The van der Waals surface area contributed by atoms with Crippen molar-refractivity contribution in [3.63, 3.8) is 0 Å². The molecule has 4 rings (SSSR count). The molecule has 31 heavy (non-hydrogen) atoms. The highest BCUT2D eigenvalue weighted by atomic mass is 16.5. The summed E-state index contributed by atoms with van der Waals surface area (Å²) in [4.78, 5) is 35.2. The molecule has 2 heterocycles. The molecule has 2 aromatic carbocycles. The first-order valence-corrected chi connectivity index (χ1v) is 10.7. The Morgan fingerprint density at radius 2 is 2.03 bits per heavy atom. The molecule has 1 fully saturated rings. The molecule has 0 saturated carbocycles. The summed E-state index contributed by atoms with van der Waals surface area (Å²) in [5.74, 6) is 0.417. The Labute approximate surface area is 181 Å². The standard InChI is InChI=1S/C24H27N3O4/c1-2-30-23(29)24(12-14-31-19-7-4-3-5-8-19)11-6-13-27(16-24)22(28)18-9-10-20-21(15-18)26-17-25-20/h3-5,7-10,15,17H,2,6,11-14,16H2,1H3,(H,25,26)/t24-/m0/s1. The minimum atomic E-state index is -0.767. The second-order valence-electron chi connectivity index (χ2n) is 7.88. The van der Waals surface area contributed by atoms with Crippen LogP contribution in [0.1, 0.15) is 36.5 Å². The zero-order valence-electron chi connectivity index (χ0n) is 17.7. The lowest BCUT2D eigenvalue weighted by Gasteiger charge is -2.41. The van der Waals surface area contributed by atoms with Crippen molar-refractivity contribution in [3.05, 3.63) is 60.4 Å². The van der Waals surface area contributed by atoms with Gasteiger partial charge in [-0.05, 0) is 56.5 Å². The fourth-order valence-corrected chi connectivity index (χ4v) is 4.19. The average Bonchev–Trinajstić information content (AvgIpc) is 3.27. The van der Waals surface area contributed by atoms with Crippen molar-refractivity contribution in [1.82, 2.24) is 14.9 Å². The number of carbonyl (C=O) groups is 2. The van der Waals surface area contributed by atoms with E-state index in [2.05, 4.69) is 9.97 Å². The molecule has 7 nitrogen and oxygen atoms in total. The third kappa shape index (κ3) is 4.55. The number of benzene rings is 2. The van der Waals surface area contributed by atoms with Gasteiger partial charge in [0.25, 0.3) is 5.91 Å². The number of carbonyl (C=O) groups excluding carboxylic acids is 2. The van der Waals surface area contributed by atoms with Crippen molar-refractivity contribution in [2.45, 2.75) is 26.2 Å². The lowest BCUT2D eigenvalue weighted by molar-refractivity contribution is -0.159. The molecule has 0 unspecified atom stereocenters. The molecule has 3 aromatic rings. The van der Waals surface area contributed by atoms with Gasteiger partial charge in [-0.3, -0.25) is 9.59 Å². The predicted molar refractivity (Wildman–Crippen MR) is 117 cm³/mol. The molecule has 1 aliphatic heterocycles. The fraction of sp³-hybridized carbons (Fsp3) is 0.375. The van der Waals surface area contributed by atoms with Crippen LogP contribution in [-0.4, -0.2) is 53.0 Å². The highest BCUT2D eigenvalue weighted by molar-refractivity contribution is 5.97. The van der Waals surface area contributed by atoms with Crippen molar-refractivity contribution in [1.29, 1.82) is 0 Å². The van der Waals surface area contributed by atoms with Crippen LogP contribution in [0.3, 0.4) is 0 Å². The highest BCUT2D eigenvalue weighted by Gasteiger charge is 2.44. The first kappa shape index (κ1) is 20.9. The number of aromatic amines is 1. The van der Waals surface area contributed by atoms with Gasteiger partial charge in [0.05, 0.1) is 36.0 Å². The number of likely N-dealkylation sites (tertiary alicyclic amines) is 1. The first-order chi connectivity index (χ1) is 15.1. The molecule has 1 amide bonds. The molecule has 0 radical (unpaired) electrons. The van der Waals surface area contributed by atoms with Crippen LogP contribution in [0.2, 0.25) is 0 Å². The molecule has 1 aliphatic rings. The molecule has 0 spiro atoms. The molecule has 162 valence electrons. The number of esters is 1. The summed E-state index contributed by atoms with van der Waals surface area (Å²) >= 11 is 0. The number of aromatic nitrogens is 2. The molecule has 1 aromatic heterocycles. The number of amides is 1. The molecule has 1 atom stereocenters. The second kappa shape index (κ2) is 9.20. The maximum absolute atomic E-state index is 13.2. The maximum atomic E-state index is 13.2. The van der Waals surface area contributed by atoms with Crippen LogP contribution >= 0.6 is 0 Å². The van der Waals surface area contributed by atoms with E-state index in [0.717, 1.165) is 23.2 Å². The van der Waals surface area contributed by atoms with Gasteiger partial charge in [-0.1, -0.05) is 18.2 Å². The zero-order valence-corrected chi connectivity index (χ0v) is 17.7. The Balaban J connectivity index is 1.50. The Hall–Kier alpha value is -3.35. The fourth-order valence-electron chi connectivity index (χ4n) is 4.19. The average molecular weight is 421 g/mol. The van der Waals surface area contributed by atoms with Crippen LogP contribution in [0.15, 0.2) is 54.9 Å². The number of nitrogens with zero attached hydrogens (tertiary/aromatic N) is 2. The molecular weight excluding hydrogens is 394 g/mol. The molecule has 1 N–H and O–H groups in total. The number of nitrogens with one attached hydrogen (secondary N) is 1. The largest absolute Gasteiger partial charge is 0.494 e. The number of piperidine rings is 1. The summed E-state index contributed by atoms with van der Waals surface area (Å²) in [6.45, 7) is 3.43. The third-order valence-electron chi connectivity index (χ3n) is 5.83. The van der Waals surface area contributed by atoms with E-state index in [1.165, 1.54) is 0 Å². The summed E-state index contributed by atoms with van der Waals surface area (Å²) in [6, 6.07) is 14.9. The number of H-pyrrole nitrogens is 1. The number of hydrogen-bond donors (Lipinski definition) is 1. The van der Waals surface area contributed by atoms with Gasteiger partial charge >= 0.3 is 5.97 Å². The number of ether oxygens (including phenoxy) is 2. The van der Waals surface area contributed by atoms with Gasteiger partial charge in [-0.2, -0.15) is 0 Å². The lowest BCUT2D eigenvalue weighted by Crippen LogP contribution is -2.51. The lowest BCUT2D eigenvalue weighted by atomic mass is 9.77. The molecule has 0 aliphatic carbocycles. The Bertz CT molecular complexity index is 1050. The summed E-state index contributed by atoms with van der Waals surface area (Å²) in [7, 11) is 0. The number of fused-ring (bicyclic) bond motifs is 1. The van der Waals surface area contributed by atoms with E-state index in [4.69, 9.17) is 9.47 Å². The van der Waals surface area contributed by atoms with Crippen LogP contribution in [0, 0.1) is 5.41 Å². The van der Waals surface area contributed by atoms with Gasteiger partial charge in [0.2, 0.25) is 0 Å². The minimum Gasteiger partial charge on any atom is -0.494 e. The summed E-state index contributed by atoms with van der Waals surface area (Å²) in [6.07, 6.45) is 3.51. The second-order valence-corrected chi connectivity index (χ2v) is 7.88. The van der Waals surface area contributed by atoms with Crippen LogP contribution in [0.5, 0.6) is 5.75 Å². The van der Waals surface area contributed by atoms with Crippen molar-refractivity contribution in [3.8, 4) is 5.75 Å². The van der Waals surface area contributed by atoms with Crippen molar-refractivity contribution in [2.24, 2.45) is 5.41 Å². The van der Waals surface area contributed by atoms with E-state index in [1.54, 1.807) is 24.2 Å². The van der Waals surface area contributed by atoms with E-state index in [1.807, 2.05) is 42.5 Å². The monoisotopic (exact) mass is 421 g/mol. The van der Waals surface area contributed by atoms with E-state index in [9.17, 15) is 9.59 Å². The van der Waals surface area contributed by atoms with E-state index in [0.29, 0.717) is 44.7 Å². The van der Waals surface area contributed by atoms with Crippen LogP contribution in [-0.2, 0) is 9.53 Å². The van der Waals surface area contributed by atoms with Gasteiger partial charge in [-0.25, -0.2) is 4.98 Å². The SMILES string of the molecule is CCOC(=O)[C@]1(CCOc2ccccc2)CCCN(C(=O)c2ccc3nc[nH]c3c2)C1. The summed E-state index contributed by atoms with van der Waals surface area (Å²) < 4.78 is 11.3. The first-order valence-electron chi connectivity index (χ1n) is 10.7. The minimum absolute atomic E-state index is 0.0890. The van der Waals surface area contributed by atoms with E-state index >= 15 is 0 Å². The molecule has 7 heteroatoms. The quantitative estimate of drug-likeness (QED) is 0.587. The predicted octanol–water partition coefficient (Wildman–Crippen LogP) is 3.82. The van der Waals surface area contributed by atoms with Crippen molar-refractivity contribution < 1.29 is 19.1 Å². The van der Waals surface area contributed by atoms with Gasteiger partial charge in [0.15, 0.2) is 0 Å². The van der Waals surface area contributed by atoms with E-state index in [-0.39, 0.29) is 11.9 Å². The summed E-state index contributed by atoms with van der Waals surface area (Å²) in [5, 5.41) is 0. The Morgan fingerprint density at radius 3 is 2.84 bits per heavy atom. The van der Waals surface area contributed by atoms with E-state index < -0.39 is 5.41 Å². The zero-order chi connectivity index (χ0) is 21.7. The van der Waals surface area contributed by atoms with Crippen LogP contribution < -0.4 is 4.74 Å². The maximum Gasteiger partial charge on any atom is 0.314 e. The van der Waals surface area contributed by atoms with Crippen molar-refractivity contribution in [2.75, 3.05) is 26.3 Å². The highest BCUT2D eigenvalue weighted by Crippen LogP contribution is 2.36.